The highest BCUT2D eigenvalue weighted by atomic mass is 16.5. The molecule has 2 rings (SSSR count). The van der Waals surface area contributed by atoms with E-state index >= 15 is 0 Å². The van der Waals surface area contributed by atoms with Crippen LogP contribution in [-0.2, 0) is 14.3 Å². The first-order valence-electron chi connectivity index (χ1n) is 7.04. The lowest BCUT2D eigenvalue weighted by Gasteiger charge is -2.23. The summed E-state index contributed by atoms with van der Waals surface area (Å²) in [5, 5.41) is 8.83. The second-order valence-electron chi connectivity index (χ2n) is 5.19. The van der Waals surface area contributed by atoms with Gasteiger partial charge in [-0.1, -0.05) is 6.07 Å². The van der Waals surface area contributed by atoms with Crippen LogP contribution in [0.15, 0.2) is 18.2 Å². The first kappa shape index (κ1) is 15.5. The molecular weight excluding hydrogens is 270 g/mol. The van der Waals surface area contributed by atoms with E-state index in [1.807, 2.05) is 19.1 Å². The summed E-state index contributed by atoms with van der Waals surface area (Å²) in [6.07, 6.45) is 0.364. The Morgan fingerprint density at radius 2 is 2.19 bits per heavy atom. The number of aryl methyl sites for hydroxylation is 1. The van der Waals surface area contributed by atoms with E-state index in [9.17, 15) is 9.59 Å². The molecule has 6 nitrogen and oxygen atoms in total. The number of carbonyl (C=O) groups excluding carboxylic acids is 2. The van der Waals surface area contributed by atoms with Crippen LogP contribution in [0.4, 0.5) is 11.4 Å². The van der Waals surface area contributed by atoms with E-state index in [1.165, 1.54) is 6.92 Å². The fourth-order valence-corrected chi connectivity index (χ4v) is 2.21. The van der Waals surface area contributed by atoms with Crippen molar-refractivity contribution >= 4 is 23.2 Å². The quantitative estimate of drug-likeness (QED) is 0.780. The highest BCUT2D eigenvalue weighted by Gasteiger charge is 2.17. The van der Waals surface area contributed by atoms with Gasteiger partial charge in [-0.05, 0) is 24.6 Å². The molecule has 0 aromatic heterocycles. The van der Waals surface area contributed by atoms with Gasteiger partial charge in [-0.2, -0.15) is 0 Å². The van der Waals surface area contributed by atoms with Crippen molar-refractivity contribution in [2.24, 2.45) is 0 Å². The summed E-state index contributed by atoms with van der Waals surface area (Å²) < 4.78 is 5.32. The summed E-state index contributed by atoms with van der Waals surface area (Å²) in [5.74, 6) is -0.208. The zero-order chi connectivity index (χ0) is 15.2. The zero-order valence-electron chi connectivity index (χ0n) is 12.4. The molecule has 1 aromatic rings. The summed E-state index contributed by atoms with van der Waals surface area (Å²) in [6, 6.07) is 5.50. The van der Waals surface area contributed by atoms with Crippen molar-refractivity contribution in [3.8, 4) is 0 Å². The Labute approximate surface area is 124 Å². The number of ether oxygens (including phenoxy) is 1. The molecule has 0 spiro atoms. The number of amides is 2. The number of rotatable bonds is 4. The molecule has 1 saturated heterocycles. The number of hydrogen-bond donors (Lipinski definition) is 3. The fourth-order valence-electron chi connectivity index (χ4n) is 2.21. The molecule has 2 amide bonds. The first-order chi connectivity index (χ1) is 10.0. The maximum atomic E-state index is 12.0. The monoisotopic (exact) mass is 291 g/mol. The topological polar surface area (TPSA) is 79.5 Å². The first-order valence-corrected chi connectivity index (χ1v) is 7.04. The highest BCUT2D eigenvalue weighted by molar-refractivity contribution is 5.94. The van der Waals surface area contributed by atoms with E-state index in [-0.39, 0.29) is 17.9 Å². The third-order valence-electron chi connectivity index (χ3n) is 3.26. The van der Waals surface area contributed by atoms with Gasteiger partial charge < -0.3 is 20.7 Å². The summed E-state index contributed by atoms with van der Waals surface area (Å²) in [7, 11) is 0. The van der Waals surface area contributed by atoms with Gasteiger partial charge in [0.15, 0.2) is 0 Å². The summed E-state index contributed by atoms with van der Waals surface area (Å²) in [5.41, 5.74) is 2.33. The lowest BCUT2D eigenvalue weighted by molar-refractivity contribution is -0.117. The summed E-state index contributed by atoms with van der Waals surface area (Å²) in [6.45, 7) is 5.38. The third kappa shape index (κ3) is 4.84. The van der Waals surface area contributed by atoms with Crippen LogP contribution in [0, 0.1) is 6.92 Å². The van der Waals surface area contributed by atoms with Crippen LogP contribution in [0.3, 0.4) is 0 Å². The van der Waals surface area contributed by atoms with Crippen molar-refractivity contribution in [3.63, 3.8) is 0 Å². The van der Waals surface area contributed by atoms with Crippen LogP contribution in [-0.4, -0.2) is 37.6 Å². The molecule has 0 bridgehead atoms. The minimum atomic E-state index is -0.134. The molecule has 0 aliphatic carbocycles. The van der Waals surface area contributed by atoms with Crippen molar-refractivity contribution in [2.45, 2.75) is 26.3 Å². The molecule has 1 aliphatic heterocycles. The van der Waals surface area contributed by atoms with Crippen LogP contribution >= 0.6 is 0 Å². The number of benzene rings is 1. The Kier molecular flexibility index (Phi) is 5.30. The van der Waals surface area contributed by atoms with Gasteiger partial charge in [0, 0.05) is 37.3 Å². The highest BCUT2D eigenvalue weighted by Crippen LogP contribution is 2.20. The maximum absolute atomic E-state index is 12.0. The molecule has 0 radical (unpaired) electrons. The van der Waals surface area contributed by atoms with Crippen molar-refractivity contribution < 1.29 is 14.3 Å². The Morgan fingerprint density at radius 1 is 1.38 bits per heavy atom. The molecule has 1 fully saturated rings. The number of hydrogen-bond acceptors (Lipinski definition) is 4. The number of carbonyl (C=O) groups is 2. The van der Waals surface area contributed by atoms with E-state index in [2.05, 4.69) is 16.0 Å². The van der Waals surface area contributed by atoms with Gasteiger partial charge in [0.25, 0.3) is 0 Å². The molecule has 1 aromatic carbocycles. The minimum absolute atomic E-state index is 0.0546. The van der Waals surface area contributed by atoms with E-state index < -0.39 is 0 Å². The van der Waals surface area contributed by atoms with E-state index in [0.29, 0.717) is 31.0 Å². The Balaban J connectivity index is 1.95. The number of morpholine rings is 1. The molecule has 1 heterocycles. The van der Waals surface area contributed by atoms with Crippen LogP contribution in [0.2, 0.25) is 0 Å². The van der Waals surface area contributed by atoms with Crippen LogP contribution in [0.25, 0.3) is 0 Å². The number of nitrogens with one attached hydrogen (secondary N) is 3. The molecule has 114 valence electrons. The second kappa shape index (κ2) is 7.19. The molecule has 0 saturated carbocycles. The van der Waals surface area contributed by atoms with Gasteiger partial charge in [-0.15, -0.1) is 0 Å². The standard InChI is InChI=1S/C15H21N3O3/c1-10-3-4-12(7-14(10)17-11(2)19)18-15(20)8-13-9-21-6-5-16-13/h3-4,7,13,16H,5-6,8-9H2,1-2H3,(H,17,19)(H,18,20). The summed E-state index contributed by atoms with van der Waals surface area (Å²) in [4.78, 5) is 23.1. The van der Waals surface area contributed by atoms with Crippen molar-refractivity contribution in [1.29, 1.82) is 0 Å². The van der Waals surface area contributed by atoms with E-state index in [0.717, 1.165) is 12.1 Å². The SMILES string of the molecule is CC(=O)Nc1cc(NC(=O)CC2COCCN2)ccc1C. The van der Waals surface area contributed by atoms with E-state index in [4.69, 9.17) is 4.74 Å². The fraction of sp³-hybridized carbons (Fsp3) is 0.467. The van der Waals surface area contributed by atoms with Crippen LogP contribution in [0.1, 0.15) is 18.9 Å². The van der Waals surface area contributed by atoms with Gasteiger partial charge in [0.1, 0.15) is 0 Å². The minimum Gasteiger partial charge on any atom is -0.378 e. The van der Waals surface area contributed by atoms with Gasteiger partial charge in [-0.3, -0.25) is 9.59 Å². The molecule has 6 heteroatoms. The lowest BCUT2D eigenvalue weighted by atomic mass is 10.1. The van der Waals surface area contributed by atoms with Gasteiger partial charge in [0.2, 0.25) is 11.8 Å². The molecule has 1 atom stereocenters. The zero-order valence-corrected chi connectivity index (χ0v) is 12.4. The van der Waals surface area contributed by atoms with Gasteiger partial charge in [-0.25, -0.2) is 0 Å². The molecule has 1 aliphatic rings. The third-order valence-corrected chi connectivity index (χ3v) is 3.26. The predicted octanol–water partition coefficient (Wildman–Crippen LogP) is 1.27. The summed E-state index contributed by atoms with van der Waals surface area (Å²) >= 11 is 0. The van der Waals surface area contributed by atoms with Crippen molar-refractivity contribution in [2.75, 3.05) is 30.4 Å². The Bertz CT molecular complexity index is 525. The Hall–Kier alpha value is -1.92. The largest absolute Gasteiger partial charge is 0.378 e. The van der Waals surface area contributed by atoms with Crippen molar-refractivity contribution in [3.05, 3.63) is 23.8 Å². The van der Waals surface area contributed by atoms with Gasteiger partial charge in [0.05, 0.1) is 13.2 Å². The average molecular weight is 291 g/mol. The van der Waals surface area contributed by atoms with Crippen LogP contribution < -0.4 is 16.0 Å². The van der Waals surface area contributed by atoms with Crippen LogP contribution in [0.5, 0.6) is 0 Å². The lowest BCUT2D eigenvalue weighted by Crippen LogP contribution is -2.43. The van der Waals surface area contributed by atoms with Gasteiger partial charge >= 0.3 is 0 Å². The predicted molar refractivity (Wildman–Crippen MR) is 81.3 cm³/mol. The smallest absolute Gasteiger partial charge is 0.226 e. The van der Waals surface area contributed by atoms with Crippen molar-refractivity contribution in [1.82, 2.24) is 5.32 Å². The molecule has 21 heavy (non-hydrogen) atoms. The molecular formula is C15H21N3O3. The second-order valence-corrected chi connectivity index (χ2v) is 5.19. The molecule has 3 N–H and O–H groups in total. The normalized spacial score (nSPS) is 18.1. The Morgan fingerprint density at radius 3 is 2.86 bits per heavy atom. The maximum Gasteiger partial charge on any atom is 0.226 e. The van der Waals surface area contributed by atoms with E-state index in [1.54, 1.807) is 6.07 Å². The number of anilines is 2. The molecule has 1 unspecified atom stereocenters. The average Bonchev–Trinajstić information content (AvgIpc) is 2.43.